The number of amides is 2. The van der Waals surface area contributed by atoms with E-state index in [0.29, 0.717) is 12.5 Å². The first-order chi connectivity index (χ1) is 13.1. The number of nitrogens with zero attached hydrogens (tertiary/aromatic N) is 1. The van der Waals surface area contributed by atoms with Crippen LogP contribution in [0.1, 0.15) is 30.4 Å². The Hall–Kier alpha value is -3.08. The number of benzene rings is 2. The molecule has 5 nitrogen and oxygen atoms in total. The lowest BCUT2D eigenvalue weighted by Crippen LogP contribution is -2.26. The van der Waals surface area contributed by atoms with Gasteiger partial charge in [-0.2, -0.15) is 0 Å². The largest absolute Gasteiger partial charge is 0.496 e. The lowest BCUT2D eigenvalue weighted by atomic mass is 9.97. The predicted molar refractivity (Wildman–Crippen MR) is 107 cm³/mol. The van der Waals surface area contributed by atoms with Gasteiger partial charge in [0.25, 0.3) is 0 Å². The monoisotopic (exact) mass is 364 g/mol. The molecule has 3 rings (SSSR count). The fourth-order valence-electron chi connectivity index (χ4n) is 3.37. The number of hydrogen-bond donors (Lipinski definition) is 1. The first kappa shape index (κ1) is 18.7. The molecule has 1 N–H and O–H groups in total. The van der Waals surface area contributed by atoms with Crippen molar-refractivity contribution >= 4 is 23.6 Å². The Labute approximate surface area is 159 Å². The first-order valence-corrected chi connectivity index (χ1v) is 9.04. The minimum Gasteiger partial charge on any atom is -0.496 e. The molecule has 1 aliphatic rings. The molecule has 2 aromatic carbocycles. The summed E-state index contributed by atoms with van der Waals surface area (Å²) in [5.41, 5.74) is 2.82. The van der Waals surface area contributed by atoms with Gasteiger partial charge in [-0.05, 0) is 41.8 Å². The Morgan fingerprint density at radius 1 is 1.15 bits per heavy atom. The van der Waals surface area contributed by atoms with Crippen molar-refractivity contribution in [2.24, 2.45) is 0 Å². The van der Waals surface area contributed by atoms with E-state index >= 15 is 0 Å². The van der Waals surface area contributed by atoms with Crippen molar-refractivity contribution in [1.29, 1.82) is 0 Å². The molecule has 1 aliphatic heterocycles. The van der Waals surface area contributed by atoms with Crippen LogP contribution in [-0.2, 0) is 9.59 Å². The molecule has 1 heterocycles. The summed E-state index contributed by atoms with van der Waals surface area (Å²) in [6.45, 7) is 2.92. The van der Waals surface area contributed by atoms with Gasteiger partial charge in [-0.3, -0.25) is 9.59 Å². The average molecular weight is 364 g/mol. The molecule has 0 bridgehead atoms. The second-order valence-electron chi connectivity index (χ2n) is 6.65. The highest BCUT2D eigenvalue weighted by Gasteiger charge is 2.27. The summed E-state index contributed by atoms with van der Waals surface area (Å²) in [6.07, 6.45) is 4.35. The van der Waals surface area contributed by atoms with Crippen molar-refractivity contribution in [1.82, 2.24) is 4.90 Å². The van der Waals surface area contributed by atoms with E-state index in [2.05, 4.69) is 11.4 Å². The van der Waals surface area contributed by atoms with Crippen LogP contribution in [0.2, 0.25) is 0 Å². The van der Waals surface area contributed by atoms with E-state index < -0.39 is 0 Å². The fourth-order valence-corrected chi connectivity index (χ4v) is 3.37. The van der Waals surface area contributed by atoms with Gasteiger partial charge in [0.1, 0.15) is 5.75 Å². The molecule has 1 saturated heterocycles. The number of likely N-dealkylation sites (tertiary alicyclic amines) is 1. The van der Waals surface area contributed by atoms with Crippen LogP contribution in [0.25, 0.3) is 6.08 Å². The van der Waals surface area contributed by atoms with Gasteiger partial charge in [0.05, 0.1) is 7.11 Å². The van der Waals surface area contributed by atoms with Crippen LogP contribution in [0.5, 0.6) is 5.75 Å². The molecular weight excluding hydrogens is 340 g/mol. The van der Waals surface area contributed by atoms with Gasteiger partial charge in [-0.1, -0.05) is 30.3 Å². The number of hydrogen-bond acceptors (Lipinski definition) is 3. The molecular formula is C22H24N2O3. The fraction of sp³-hybridized carbons (Fsp3) is 0.273. The summed E-state index contributed by atoms with van der Waals surface area (Å²) in [7, 11) is 1.68. The second kappa shape index (κ2) is 8.54. The van der Waals surface area contributed by atoms with Gasteiger partial charge >= 0.3 is 0 Å². The zero-order valence-electron chi connectivity index (χ0n) is 15.6. The third-order valence-corrected chi connectivity index (χ3v) is 4.73. The molecule has 0 aliphatic carbocycles. The summed E-state index contributed by atoms with van der Waals surface area (Å²) in [4.78, 5) is 25.4. The molecule has 140 valence electrons. The van der Waals surface area contributed by atoms with E-state index in [1.807, 2.05) is 47.4 Å². The minimum absolute atomic E-state index is 0.0123. The topological polar surface area (TPSA) is 58.6 Å². The maximum absolute atomic E-state index is 12.5. The first-order valence-electron chi connectivity index (χ1n) is 9.04. The van der Waals surface area contributed by atoms with Crippen LogP contribution in [0, 0.1) is 0 Å². The Bertz CT molecular complexity index is 843. The smallest absolute Gasteiger partial charge is 0.246 e. The highest BCUT2D eigenvalue weighted by atomic mass is 16.5. The molecule has 5 heteroatoms. The number of carbonyl (C=O) groups is 2. The molecule has 27 heavy (non-hydrogen) atoms. The summed E-state index contributed by atoms with van der Waals surface area (Å²) in [5.74, 6) is 1.09. The van der Waals surface area contributed by atoms with Crippen LogP contribution in [0.3, 0.4) is 0 Å². The van der Waals surface area contributed by atoms with Crippen molar-refractivity contribution in [3.8, 4) is 5.75 Å². The second-order valence-corrected chi connectivity index (χ2v) is 6.65. The highest BCUT2D eigenvalue weighted by Crippen LogP contribution is 2.33. The van der Waals surface area contributed by atoms with Gasteiger partial charge in [-0.25, -0.2) is 0 Å². The van der Waals surface area contributed by atoms with Gasteiger partial charge in [0.15, 0.2) is 0 Å². The van der Waals surface area contributed by atoms with Crippen LogP contribution < -0.4 is 10.1 Å². The molecule has 0 spiro atoms. The van der Waals surface area contributed by atoms with E-state index in [4.69, 9.17) is 4.74 Å². The number of para-hydroxylation sites is 1. The standard InChI is InChI=1S/C22H24N2O3/c1-16(25)23-19-10-7-17(8-11-19)9-12-22(26)24-14-13-18(15-24)20-5-3-4-6-21(20)27-2/h3-12,18H,13-15H2,1-2H3,(H,23,25)/b12-9+/t18-/m0/s1. The molecule has 1 fully saturated rings. The van der Waals surface area contributed by atoms with Crippen molar-refractivity contribution in [2.75, 3.05) is 25.5 Å². The molecule has 0 saturated carbocycles. The van der Waals surface area contributed by atoms with Crippen molar-refractivity contribution in [3.63, 3.8) is 0 Å². The normalized spacial score (nSPS) is 16.5. The van der Waals surface area contributed by atoms with E-state index in [1.54, 1.807) is 19.3 Å². The summed E-state index contributed by atoms with van der Waals surface area (Å²) >= 11 is 0. The van der Waals surface area contributed by atoms with Crippen molar-refractivity contribution in [2.45, 2.75) is 19.3 Å². The van der Waals surface area contributed by atoms with E-state index in [9.17, 15) is 9.59 Å². The summed E-state index contributed by atoms with van der Waals surface area (Å²) < 4.78 is 5.45. The van der Waals surface area contributed by atoms with E-state index in [1.165, 1.54) is 6.92 Å². The Balaban J connectivity index is 1.60. The average Bonchev–Trinajstić information content (AvgIpc) is 3.17. The Kier molecular flexibility index (Phi) is 5.91. The molecule has 2 amide bonds. The number of rotatable bonds is 5. The third-order valence-electron chi connectivity index (χ3n) is 4.73. The van der Waals surface area contributed by atoms with Crippen LogP contribution in [0.15, 0.2) is 54.6 Å². The van der Waals surface area contributed by atoms with Crippen molar-refractivity contribution < 1.29 is 14.3 Å². The van der Waals surface area contributed by atoms with Crippen molar-refractivity contribution in [3.05, 3.63) is 65.7 Å². The lowest BCUT2D eigenvalue weighted by Gasteiger charge is -2.16. The Morgan fingerprint density at radius 3 is 2.59 bits per heavy atom. The number of ether oxygens (including phenoxy) is 1. The maximum Gasteiger partial charge on any atom is 0.246 e. The van der Waals surface area contributed by atoms with Crippen LogP contribution in [0.4, 0.5) is 5.69 Å². The molecule has 2 aromatic rings. The molecule has 0 radical (unpaired) electrons. The molecule has 0 unspecified atom stereocenters. The number of anilines is 1. The third kappa shape index (κ3) is 4.76. The van der Waals surface area contributed by atoms with E-state index in [-0.39, 0.29) is 11.8 Å². The van der Waals surface area contributed by atoms with E-state index in [0.717, 1.165) is 35.5 Å². The quantitative estimate of drug-likeness (QED) is 0.824. The van der Waals surface area contributed by atoms with Crippen LogP contribution >= 0.6 is 0 Å². The summed E-state index contributed by atoms with van der Waals surface area (Å²) in [6, 6.07) is 15.4. The zero-order valence-corrected chi connectivity index (χ0v) is 15.6. The van der Waals surface area contributed by atoms with Gasteiger partial charge < -0.3 is 15.0 Å². The SMILES string of the molecule is COc1ccccc1[C@H]1CCN(C(=O)/C=C/c2ccc(NC(C)=O)cc2)C1. The summed E-state index contributed by atoms with van der Waals surface area (Å²) in [5, 5.41) is 2.72. The van der Waals surface area contributed by atoms with Gasteiger partial charge in [0, 0.05) is 37.7 Å². The highest BCUT2D eigenvalue weighted by molar-refractivity contribution is 5.92. The zero-order chi connectivity index (χ0) is 19.2. The number of carbonyl (C=O) groups excluding carboxylic acids is 2. The number of methoxy groups -OCH3 is 1. The maximum atomic E-state index is 12.5. The van der Waals surface area contributed by atoms with Crippen LogP contribution in [-0.4, -0.2) is 36.9 Å². The Morgan fingerprint density at radius 2 is 1.89 bits per heavy atom. The van der Waals surface area contributed by atoms with Gasteiger partial charge in [0.2, 0.25) is 11.8 Å². The predicted octanol–water partition coefficient (Wildman–Crippen LogP) is 3.68. The van der Waals surface area contributed by atoms with Gasteiger partial charge in [-0.15, -0.1) is 0 Å². The number of nitrogens with one attached hydrogen (secondary N) is 1. The minimum atomic E-state index is -0.105. The molecule has 1 atom stereocenters. The molecule has 0 aromatic heterocycles. The lowest BCUT2D eigenvalue weighted by molar-refractivity contribution is -0.125.